The van der Waals surface area contributed by atoms with Gasteiger partial charge in [-0.25, -0.2) is 4.79 Å². The summed E-state index contributed by atoms with van der Waals surface area (Å²) in [5.74, 6) is -1.74. The van der Waals surface area contributed by atoms with Crippen molar-refractivity contribution in [1.82, 2.24) is 5.32 Å². The summed E-state index contributed by atoms with van der Waals surface area (Å²) in [4.78, 5) is 24.0. The van der Waals surface area contributed by atoms with Crippen molar-refractivity contribution in [1.29, 1.82) is 0 Å². The van der Waals surface area contributed by atoms with Crippen LogP contribution in [0.15, 0.2) is 66.7 Å². The molecule has 8 heteroatoms. The second-order valence-electron chi connectivity index (χ2n) is 6.07. The van der Waals surface area contributed by atoms with Crippen molar-refractivity contribution in [2.24, 2.45) is 0 Å². The lowest BCUT2D eigenvalue weighted by molar-refractivity contribution is -0.274. The summed E-state index contributed by atoms with van der Waals surface area (Å²) < 4.78 is 46.2. The molecule has 0 aliphatic heterocycles. The van der Waals surface area contributed by atoms with Crippen LogP contribution in [-0.4, -0.2) is 24.8 Å². The summed E-state index contributed by atoms with van der Waals surface area (Å²) in [5, 5.41) is 4.21. The zero-order valence-corrected chi connectivity index (χ0v) is 15.0. The van der Waals surface area contributed by atoms with Gasteiger partial charge in [-0.15, -0.1) is 13.2 Å². The average molecular weight is 403 g/mol. The summed E-state index contributed by atoms with van der Waals surface area (Å²) in [6.45, 7) is -0.771. The Balaban J connectivity index is 1.54. The minimum absolute atomic E-state index is 0.138. The SMILES string of the molecule is O=C(COC(=O)c1ccc2ccccc2c1)NCc1ccccc1OC(F)(F)F. The van der Waals surface area contributed by atoms with E-state index in [1.807, 2.05) is 24.3 Å². The Kier molecular flexibility index (Phi) is 6.01. The molecule has 0 aromatic heterocycles. The van der Waals surface area contributed by atoms with Crippen molar-refractivity contribution in [3.8, 4) is 5.75 Å². The van der Waals surface area contributed by atoms with Gasteiger partial charge in [0.25, 0.3) is 5.91 Å². The Hall–Kier alpha value is -3.55. The number of rotatable bonds is 6. The lowest BCUT2D eigenvalue weighted by atomic mass is 10.1. The highest BCUT2D eigenvalue weighted by molar-refractivity contribution is 5.96. The first kappa shape index (κ1) is 20.2. The standard InChI is InChI=1S/C21H16F3NO4/c22-21(23,24)29-18-8-4-3-7-17(18)12-25-19(26)13-28-20(27)16-10-9-14-5-1-2-6-15(14)11-16/h1-11H,12-13H2,(H,25,26). The molecule has 0 aliphatic rings. The van der Waals surface area contributed by atoms with E-state index in [1.54, 1.807) is 18.2 Å². The van der Waals surface area contributed by atoms with Gasteiger partial charge in [-0.05, 0) is 29.0 Å². The molecule has 0 saturated heterocycles. The number of hydrogen-bond acceptors (Lipinski definition) is 4. The highest BCUT2D eigenvalue weighted by Gasteiger charge is 2.32. The third-order valence-electron chi connectivity index (χ3n) is 3.99. The van der Waals surface area contributed by atoms with Gasteiger partial charge in [-0.3, -0.25) is 4.79 Å². The normalized spacial score (nSPS) is 11.1. The summed E-state index contributed by atoms with van der Waals surface area (Å²) in [5.41, 5.74) is 0.430. The van der Waals surface area contributed by atoms with Crippen molar-refractivity contribution >= 4 is 22.6 Å². The highest BCUT2D eigenvalue weighted by Crippen LogP contribution is 2.26. The molecular weight excluding hydrogens is 387 g/mol. The van der Waals surface area contributed by atoms with Crippen LogP contribution in [0.1, 0.15) is 15.9 Å². The topological polar surface area (TPSA) is 64.6 Å². The van der Waals surface area contributed by atoms with Crippen LogP contribution in [0.25, 0.3) is 10.8 Å². The molecule has 3 aromatic carbocycles. The van der Waals surface area contributed by atoms with E-state index in [-0.39, 0.29) is 12.1 Å². The Morgan fingerprint density at radius 3 is 2.34 bits per heavy atom. The maximum absolute atomic E-state index is 12.4. The predicted octanol–water partition coefficient (Wildman–Crippen LogP) is 4.21. The van der Waals surface area contributed by atoms with Gasteiger partial charge in [-0.1, -0.05) is 48.5 Å². The number of hydrogen-bond donors (Lipinski definition) is 1. The Morgan fingerprint density at radius 1 is 0.897 bits per heavy atom. The van der Waals surface area contributed by atoms with Crippen molar-refractivity contribution in [2.45, 2.75) is 12.9 Å². The number of carbonyl (C=O) groups is 2. The fourth-order valence-corrected chi connectivity index (χ4v) is 2.65. The van der Waals surface area contributed by atoms with E-state index >= 15 is 0 Å². The highest BCUT2D eigenvalue weighted by atomic mass is 19.4. The van der Waals surface area contributed by atoms with E-state index in [0.717, 1.165) is 16.8 Å². The Morgan fingerprint density at radius 2 is 1.59 bits per heavy atom. The van der Waals surface area contributed by atoms with Crippen LogP contribution in [0.4, 0.5) is 13.2 Å². The molecule has 5 nitrogen and oxygen atoms in total. The van der Waals surface area contributed by atoms with Crippen LogP contribution in [0, 0.1) is 0 Å². The minimum Gasteiger partial charge on any atom is -0.452 e. The van der Waals surface area contributed by atoms with Gasteiger partial charge in [0.05, 0.1) is 5.56 Å². The van der Waals surface area contributed by atoms with E-state index in [0.29, 0.717) is 5.56 Å². The third-order valence-corrected chi connectivity index (χ3v) is 3.99. The lowest BCUT2D eigenvalue weighted by Crippen LogP contribution is -2.29. The molecule has 150 valence electrons. The maximum Gasteiger partial charge on any atom is 0.573 e. The predicted molar refractivity (Wildman–Crippen MR) is 99.2 cm³/mol. The van der Waals surface area contributed by atoms with Crippen LogP contribution in [-0.2, 0) is 16.1 Å². The fourth-order valence-electron chi connectivity index (χ4n) is 2.65. The molecule has 0 heterocycles. The first-order valence-corrected chi connectivity index (χ1v) is 8.58. The Bertz CT molecular complexity index is 1030. The number of esters is 1. The fraction of sp³-hybridized carbons (Fsp3) is 0.143. The Labute approximate surface area is 164 Å². The minimum atomic E-state index is -4.84. The zero-order valence-electron chi connectivity index (χ0n) is 15.0. The number of nitrogens with one attached hydrogen (secondary N) is 1. The average Bonchev–Trinajstić information content (AvgIpc) is 2.70. The first-order chi connectivity index (χ1) is 13.8. The van der Waals surface area contributed by atoms with Gasteiger partial charge in [0.15, 0.2) is 6.61 Å². The van der Waals surface area contributed by atoms with E-state index in [2.05, 4.69) is 10.1 Å². The van der Waals surface area contributed by atoms with E-state index in [4.69, 9.17) is 4.74 Å². The zero-order chi connectivity index (χ0) is 20.9. The summed E-state index contributed by atoms with van der Waals surface area (Å²) >= 11 is 0. The van der Waals surface area contributed by atoms with Gasteiger partial charge in [0, 0.05) is 12.1 Å². The van der Waals surface area contributed by atoms with Crippen molar-refractivity contribution in [2.75, 3.05) is 6.61 Å². The third kappa shape index (κ3) is 5.71. The van der Waals surface area contributed by atoms with Gasteiger partial charge in [-0.2, -0.15) is 0 Å². The number of benzene rings is 3. The molecule has 1 N–H and O–H groups in total. The summed E-state index contributed by atoms with van der Waals surface area (Å²) in [6, 6.07) is 17.9. The number of amides is 1. The number of ether oxygens (including phenoxy) is 2. The summed E-state index contributed by atoms with van der Waals surface area (Å²) in [6.07, 6.45) is -4.84. The lowest BCUT2D eigenvalue weighted by Gasteiger charge is -2.13. The second kappa shape index (κ2) is 8.64. The molecule has 29 heavy (non-hydrogen) atoms. The monoisotopic (exact) mass is 403 g/mol. The van der Waals surface area contributed by atoms with Gasteiger partial charge in [0.1, 0.15) is 5.75 Å². The van der Waals surface area contributed by atoms with Crippen molar-refractivity contribution in [3.63, 3.8) is 0 Å². The molecule has 0 radical (unpaired) electrons. The van der Waals surface area contributed by atoms with Crippen molar-refractivity contribution < 1.29 is 32.2 Å². The smallest absolute Gasteiger partial charge is 0.452 e. The molecule has 0 bridgehead atoms. The van der Waals surface area contributed by atoms with Gasteiger partial charge in [0.2, 0.25) is 0 Å². The molecule has 0 spiro atoms. The number of carbonyl (C=O) groups excluding carboxylic acids is 2. The molecule has 3 rings (SSSR count). The number of fused-ring (bicyclic) bond motifs is 1. The van der Waals surface area contributed by atoms with Crippen LogP contribution in [0.3, 0.4) is 0 Å². The molecule has 0 atom stereocenters. The van der Waals surface area contributed by atoms with Crippen LogP contribution in [0.2, 0.25) is 0 Å². The molecule has 0 unspecified atom stereocenters. The van der Waals surface area contributed by atoms with Crippen LogP contribution < -0.4 is 10.1 Å². The van der Waals surface area contributed by atoms with E-state index in [9.17, 15) is 22.8 Å². The molecular formula is C21H16F3NO4. The first-order valence-electron chi connectivity index (χ1n) is 8.58. The molecule has 0 saturated carbocycles. The molecule has 0 aliphatic carbocycles. The second-order valence-corrected chi connectivity index (χ2v) is 6.07. The van der Waals surface area contributed by atoms with E-state index < -0.39 is 30.6 Å². The quantitative estimate of drug-likeness (QED) is 0.627. The van der Waals surface area contributed by atoms with Crippen LogP contribution in [0.5, 0.6) is 5.75 Å². The number of para-hydroxylation sites is 1. The van der Waals surface area contributed by atoms with Gasteiger partial charge >= 0.3 is 12.3 Å². The van der Waals surface area contributed by atoms with E-state index in [1.165, 1.54) is 18.2 Å². The molecule has 1 amide bonds. The maximum atomic E-state index is 12.4. The number of alkyl halides is 3. The van der Waals surface area contributed by atoms with Gasteiger partial charge < -0.3 is 14.8 Å². The summed E-state index contributed by atoms with van der Waals surface area (Å²) in [7, 11) is 0. The largest absolute Gasteiger partial charge is 0.573 e. The van der Waals surface area contributed by atoms with Crippen molar-refractivity contribution in [3.05, 3.63) is 77.9 Å². The van der Waals surface area contributed by atoms with Crippen LogP contribution >= 0.6 is 0 Å². The number of halogens is 3. The molecule has 0 fully saturated rings. The molecule has 3 aromatic rings.